The SMILES string of the molecule is N#Cc1ccc2c(c1)c1cc(-c3ccc4c(-c5ccccc5)c5cc(-c6ccccc6)ccc5c(-c5ccccc5)c4c3)ccc1n2-c1ccccc1. The van der Waals surface area contributed by atoms with Crippen LogP contribution in [0.25, 0.3) is 93.5 Å². The number of benzene rings is 9. The molecule has 0 saturated carbocycles. The number of aromatic nitrogens is 1. The van der Waals surface area contributed by atoms with Gasteiger partial charge in [-0.1, -0.05) is 140 Å². The molecule has 10 aromatic rings. The van der Waals surface area contributed by atoms with Gasteiger partial charge in [0.25, 0.3) is 0 Å². The van der Waals surface area contributed by atoms with Crippen molar-refractivity contribution in [3.8, 4) is 56.3 Å². The van der Waals surface area contributed by atoms with E-state index >= 15 is 0 Å². The third kappa shape index (κ3) is 5.10. The normalized spacial score (nSPS) is 11.4. The van der Waals surface area contributed by atoms with Crippen LogP contribution in [0.5, 0.6) is 0 Å². The number of hydrogen-bond donors (Lipinski definition) is 0. The molecule has 2 heteroatoms. The van der Waals surface area contributed by atoms with Crippen molar-refractivity contribution < 1.29 is 0 Å². The molecule has 246 valence electrons. The van der Waals surface area contributed by atoms with Crippen molar-refractivity contribution in [3.05, 3.63) is 200 Å². The van der Waals surface area contributed by atoms with E-state index in [4.69, 9.17) is 0 Å². The van der Waals surface area contributed by atoms with Crippen LogP contribution in [0.1, 0.15) is 5.56 Å². The molecule has 0 amide bonds. The summed E-state index contributed by atoms with van der Waals surface area (Å²) < 4.78 is 2.30. The molecule has 0 aliphatic carbocycles. The van der Waals surface area contributed by atoms with Gasteiger partial charge in [0.15, 0.2) is 0 Å². The maximum atomic E-state index is 9.84. The summed E-state index contributed by atoms with van der Waals surface area (Å²) in [5.74, 6) is 0. The van der Waals surface area contributed by atoms with E-state index in [1.54, 1.807) is 0 Å². The first kappa shape index (κ1) is 30.6. The first-order valence-corrected chi connectivity index (χ1v) is 18.0. The Morgan fingerprint density at radius 3 is 1.26 bits per heavy atom. The summed E-state index contributed by atoms with van der Waals surface area (Å²) in [6.45, 7) is 0. The highest BCUT2D eigenvalue weighted by atomic mass is 15.0. The van der Waals surface area contributed by atoms with Gasteiger partial charge in [-0.05, 0) is 121 Å². The summed E-state index contributed by atoms with van der Waals surface area (Å²) in [6.07, 6.45) is 0. The highest BCUT2D eigenvalue weighted by molar-refractivity contribution is 6.22. The molecule has 1 heterocycles. The van der Waals surface area contributed by atoms with E-state index in [0.29, 0.717) is 5.56 Å². The highest BCUT2D eigenvalue weighted by Crippen LogP contribution is 2.46. The second-order valence-corrected chi connectivity index (χ2v) is 13.6. The van der Waals surface area contributed by atoms with Crippen LogP contribution in [0, 0.1) is 11.3 Å². The Morgan fingerprint density at radius 1 is 0.321 bits per heavy atom. The minimum Gasteiger partial charge on any atom is -0.309 e. The van der Waals surface area contributed by atoms with Crippen LogP contribution in [0.3, 0.4) is 0 Å². The molecule has 1 aromatic heterocycles. The lowest BCUT2D eigenvalue weighted by Crippen LogP contribution is -1.93. The third-order valence-electron chi connectivity index (χ3n) is 10.6. The fourth-order valence-corrected chi connectivity index (χ4v) is 8.18. The summed E-state index contributed by atoms with van der Waals surface area (Å²) in [4.78, 5) is 0. The zero-order chi connectivity index (χ0) is 35.3. The second-order valence-electron chi connectivity index (χ2n) is 13.6. The van der Waals surface area contributed by atoms with Gasteiger partial charge in [0.1, 0.15) is 0 Å². The largest absolute Gasteiger partial charge is 0.309 e. The smallest absolute Gasteiger partial charge is 0.0991 e. The predicted octanol–water partition coefficient (Wildman–Crippen LogP) is 13.6. The average Bonchev–Trinajstić information content (AvgIpc) is 3.56. The Bertz CT molecular complexity index is 3030. The van der Waals surface area contributed by atoms with Crippen LogP contribution < -0.4 is 0 Å². The van der Waals surface area contributed by atoms with Gasteiger partial charge in [0.2, 0.25) is 0 Å². The van der Waals surface area contributed by atoms with E-state index in [0.717, 1.165) is 38.6 Å². The van der Waals surface area contributed by atoms with Gasteiger partial charge in [0.05, 0.1) is 22.7 Å². The Hall–Kier alpha value is -7.21. The zero-order valence-corrected chi connectivity index (χ0v) is 28.9. The fourth-order valence-electron chi connectivity index (χ4n) is 8.18. The summed E-state index contributed by atoms with van der Waals surface area (Å²) in [6, 6.07) is 71.8. The number of hydrogen-bond acceptors (Lipinski definition) is 1. The van der Waals surface area contributed by atoms with Gasteiger partial charge >= 0.3 is 0 Å². The van der Waals surface area contributed by atoms with Gasteiger partial charge in [0, 0.05) is 16.5 Å². The molecule has 0 atom stereocenters. The average molecular weight is 673 g/mol. The summed E-state index contributed by atoms with van der Waals surface area (Å²) in [7, 11) is 0. The van der Waals surface area contributed by atoms with E-state index in [-0.39, 0.29) is 0 Å². The molecule has 0 aliphatic heterocycles. The van der Waals surface area contributed by atoms with Gasteiger partial charge < -0.3 is 4.57 Å². The molecule has 0 radical (unpaired) electrons. The van der Waals surface area contributed by atoms with E-state index in [1.165, 1.54) is 54.9 Å². The Morgan fingerprint density at radius 2 is 0.736 bits per heavy atom. The van der Waals surface area contributed by atoms with Gasteiger partial charge in [-0.3, -0.25) is 0 Å². The molecule has 53 heavy (non-hydrogen) atoms. The predicted molar refractivity (Wildman–Crippen MR) is 222 cm³/mol. The molecule has 0 spiro atoms. The number of para-hydroxylation sites is 1. The van der Waals surface area contributed by atoms with Crippen LogP contribution in [0.15, 0.2) is 194 Å². The second kappa shape index (κ2) is 12.5. The van der Waals surface area contributed by atoms with E-state index in [9.17, 15) is 5.26 Å². The van der Waals surface area contributed by atoms with Gasteiger partial charge in [-0.25, -0.2) is 0 Å². The number of rotatable bonds is 5. The summed E-state index contributed by atoms with van der Waals surface area (Å²) >= 11 is 0. The number of fused-ring (bicyclic) bond motifs is 5. The van der Waals surface area contributed by atoms with Crippen molar-refractivity contribution in [2.75, 3.05) is 0 Å². The lowest BCUT2D eigenvalue weighted by molar-refractivity contribution is 1.18. The summed E-state index contributed by atoms with van der Waals surface area (Å²) in [5.41, 5.74) is 13.5. The molecule has 0 fully saturated rings. The van der Waals surface area contributed by atoms with E-state index < -0.39 is 0 Å². The number of nitriles is 1. The van der Waals surface area contributed by atoms with Crippen molar-refractivity contribution >= 4 is 43.4 Å². The summed E-state index contributed by atoms with van der Waals surface area (Å²) in [5, 5.41) is 16.9. The van der Waals surface area contributed by atoms with Crippen molar-refractivity contribution in [2.45, 2.75) is 0 Å². The molecule has 0 bridgehead atoms. The first-order chi connectivity index (χ1) is 26.2. The molecule has 9 aromatic carbocycles. The van der Waals surface area contributed by atoms with Crippen molar-refractivity contribution in [3.63, 3.8) is 0 Å². The third-order valence-corrected chi connectivity index (χ3v) is 10.6. The molecule has 0 aliphatic rings. The van der Waals surface area contributed by atoms with Crippen LogP contribution in [0.2, 0.25) is 0 Å². The van der Waals surface area contributed by atoms with E-state index in [1.807, 2.05) is 18.2 Å². The standard InChI is InChI=1S/C51H32N2/c52-33-34-21-27-48-44(29-34)45-30-40(24-28-49(45)53(48)41-19-11-4-12-20-41)39-23-26-43-47(32-39)51(37-17-9-3-10-18-37)42-25-22-38(35-13-5-1-6-14-35)31-46(42)50(43)36-15-7-2-8-16-36/h1-32H. The van der Waals surface area contributed by atoms with Crippen LogP contribution in [-0.2, 0) is 0 Å². The highest BCUT2D eigenvalue weighted by Gasteiger charge is 2.19. The first-order valence-electron chi connectivity index (χ1n) is 18.0. The van der Waals surface area contributed by atoms with Crippen LogP contribution in [0.4, 0.5) is 0 Å². The molecule has 0 saturated heterocycles. The van der Waals surface area contributed by atoms with Gasteiger partial charge in [-0.15, -0.1) is 0 Å². The molecular weight excluding hydrogens is 641 g/mol. The van der Waals surface area contributed by atoms with Crippen molar-refractivity contribution in [2.24, 2.45) is 0 Å². The monoisotopic (exact) mass is 672 g/mol. The Kier molecular flexibility index (Phi) is 7.23. The Labute approximate surface area is 308 Å². The Balaban J connectivity index is 1.27. The number of nitrogens with zero attached hydrogens (tertiary/aromatic N) is 2. The maximum absolute atomic E-state index is 9.84. The molecule has 0 unspecified atom stereocenters. The minimum atomic E-state index is 0.656. The lowest BCUT2D eigenvalue weighted by atomic mass is 9.84. The van der Waals surface area contributed by atoms with Crippen LogP contribution in [-0.4, -0.2) is 4.57 Å². The topological polar surface area (TPSA) is 28.7 Å². The quantitative estimate of drug-likeness (QED) is 0.167. The minimum absolute atomic E-state index is 0.656. The zero-order valence-electron chi connectivity index (χ0n) is 28.9. The molecule has 0 N–H and O–H groups in total. The van der Waals surface area contributed by atoms with Crippen molar-refractivity contribution in [1.82, 2.24) is 4.57 Å². The lowest BCUT2D eigenvalue weighted by Gasteiger charge is -2.19. The van der Waals surface area contributed by atoms with E-state index in [2.05, 4.69) is 187 Å². The van der Waals surface area contributed by atoms with Gasteiger partial charge in [-0.2, -0.15) is 5.26 Å². The van der Waals surface area contributed by atoms with Crippen LogP contribution >= 0.6 is 0 Å². The fraction of sp³-hybridized carbons (Fsp3) is 0. The molecular formula is C51H32N2. The maximum Gasteiger partial charge on any atom is 0.0991 e. The van der Waals surface area contributed by atoms with Crippen molar-refractivity contribution in [1.29, 1.82) is 5.26 Å². The molecule has 10 rings (SSSR count). The molecule has 2 nitrogen and oxygen atoms in total.